The van der Waals surface area contributed by atoms with Gasteiger partial charge in [-0.2, -0.15) is 0 Å². The van der Waals surface area contributed by atoms with Crippen LogP contribution in [-0.2, 0) is 21.6 Å². The molecule has 0 saturated heterocycles. The van der Waals surface area contributed by atoms with Gasteiger partial charge in [0.2, 0.25) is 5.91 Å². The van der Waals surface area contributed by atoms with Gasteiger partial charge >= 0.3 is 0 Å². The molecule has 1 fully saturated rings. The molecule has 7 nitrogen and oxygen atoms in total. The van der Waals surface area contributed by atoms with E-state index in [2.05, 4.69) is 17.4 Å². The third-order valence-corrected chi connectivity index (χ3v) is 5.65. The molecule has 1 heterocycles. The molecule has 2 aliphatic rings. The number of hydrogen-bond acceptors (Lipinski definition) is 5. The van der Waals surface area contributed by atoms with Crippen LogP contribution in [0.15, 0.2) is 48.5 Å². The van der Waals surface area contributed by atoms with Crippen molar-refractivity contribution in [2.75, 3.05) is 13.3 Å². The lowest BCUT2D eigenvalue weighted by molar-refractivity contribution is -0.385. The molecule has 2 aromatic rings. The molecule has 7 heteroatoms. The summed E-state index contributed by atoms with van der Waals surface area (Å²) in [4.78, 5) is 23.1. The summed E-state index contributed by atoms with van der Waals surface area (Å²) in [6, 6.07) is 13.1. The van der Waals surface area contributed by atoms with Crippen molar-refractivity contribution in [3.05, 3.63) is 75.3 Å². The number of non-ortho nitro benzene ring substituents is 1. The zero-order chi connectivity index (χ0) is 20.3. The molecule has 0 radical (unpaired) electrons. The zero-order valence-electron chi connectivity index (χ0n) is 15.9. The Morgan fingerprint density at radius 2 is 2.03 bits per heavy atom. The quantitative estimate of drug-likeness (QED) is 0.458. The van der Waals surface area contributed by atoms with Crippen molar-refractivity contribution in [3.63, 3.8) is 0 Å². The lowest BCUT2D eigenvalue weighted by Gasteiger charge is -2.42. The van der Waals surface area contributed by atoms with Gasteiger partial charge in [-0.25, -0.2) is 0 Å². The number of nitrogens with zero attached hydrogens (tertiary/aromatic N) is 1. The van der Waals surface area contributed by atoms with Crippen LogP contribution in [0.3, 0.4) is 0 Å². The zero-order valence-corrected chi connectivity index (χ0v) is 15.9. The van der Waals surface area contributed by atoms with Crippen LogP contribution in [0, 0.1) is 10.1 Å². The second-order valence-corrected chi connectivity index (χ2v) is 7.44. The van der Waals surface area contributed by atoms with Crippen molar-refractivity contribution in [2.45, 2.75) is 31.3 Å². The Bertz CT molecular complexity index is 951. The van der Waals surface area contributed by atoms with Crippen molar-refractivity contribution >= 4 is 17.7 Å². The molecule has 0 aromatic heterocycles. The van der Waals surface area contributed by atoms with Gasteiger partial charge in [-0.05, 0) is 24.5 Å². The van der Waals surface area contributed by atoms with Crippen molar-refractivity contribution < 1.29 is 19.2 Å². The largest absolute Gasteiger partial charge is 0.467 e. The molecule has 2 aromatic carbocycles. The Kier molecular flexibility index (Phi) is 5.31. The third-order valence-electron chi connectivity index (χ3n) is 5.65. The van der Waals surface area contributed by atoms with Gasteiger partial charge in [0.15, 0.2) is 6.79 Å². The molecule has 29 heavy (non-hydrogen) atoms. The fraction of sp³-hybridized carbons (Fsp3) is 0.318. The normalized spacial score (nSPS) is 17.1. The molecular formula is C22H22N2O5. The molecule has 1 saturated carbocycles. The lowest BCUT2D eigenvalue weighted by Crippen LogP contribution is -2.45. The van der Waals surface area contributed by atoms with Crippen molar-refractivity contribution in [1.29, 1.82) is 0 Å². The third kappa shape index (κ3) is 4.00. The summed E-state index contributed by atoms with van der Waals surface area (Å²) in [6.07, 6.45) is 6.21. The summed E-state index contributed by atoms with van der Waals surface area (Å²) in [6.45, 7) is 0.888. The van der Waals surface area contributed by atoms with E-state index in [9.17, 15) is 14.9 Å². The first-order chi connectivity index (χ1) is 14.1. The van der Waals surface area contributed by atoms with Gasteiger partial charge in [0.1, 0.15) is 5.75 Å². The first-order valence-corrected chi connectivity index (χ1v) is 9.61. The van der Waals surface area contributed by atoms with Gasteiger partial charge in [0.05, 0.1) is 11.5 Å². The lowest BCUT2D eigenvalue weighted by atomic mass is 9.64. The number of fused-ring (bicyclic) bond motifs is 1. The van der Waals surface area contributed by atoms with Gasteiger partial charge in [0, 0.05) is 41.3 Å². The average Bonchev–Trinajstić information content (AvgIpc) is 2.71. The minimum absolute atomic E-state index is 0.00406. The van der Waals surface area contributed by atoms with Crippen LogP contribution in [0.5, 0.6) is 5.75 Å². The molecule has 150 valence electrons. The molecule has 0 spiro atoms. The molecule has 1 aliphatic heterocycles. The Hall–Kier alpha value is -3.19. The maximum absolute atomic E-state index is 12.4. The molecule has 0 unspecified atom stereocenters. The van der Waals surface area contributed by atoms with Gasteiger partial charge in [0.25, 0.3) is 5.69 Å². The summed E-state index contributed by atoms with van der Waals surface area (Å²) in [5, 5.41) is 14.2. The number of nitro groups is 1. The molecular weight excluding hydrogens is 372 g/mol. The summed E-state index contributed by atoms with van der Waals surface area (Å²) >= 11 is 0. The van der Waals surface area contributed by atoms with Crippen LogP contribution < -0.4 is 10.1 Å². The summed E-state index contributed by atoms with van der Waals surface area (Å²) in [5.41, 5.74) is 2.28. The maximum atomic E-state index is 12.4. The molecule has 4 rings (SSSR count). The van der Waals surface area contributed by atoms with Crippen LogP contribution in [0.1, 0.15) is 36.0 Å². The number of rotatable bonds is 6. The van der Waals surface area contributed by atoms with Gasteiger partial charge in [-0.1, -0.05) is 36.8 Å². The molecule has 1 amide bonds. The monoisotopic (exact) mass is 394 g/mol. The fourth-order valence-corrected chi connectivity index (χ4v) is 3.90. The molecule has 1 N–H and O–H groups in total. The van der Waals surface area contributed by atoms with E-state index in [0.29, 0.717) is 23.4 Å². The first kappa shape index (κ1) is 19.1. The second-order valence-electron chi connectivity index (χ2n) is 7.44. The van der Waals surface area contributed by atoms with Gasteiger partial charge < -0.3 is 14.8 Å². The summed E-state index contributed by atoms with van der Waals surface area (Å²) in [5.74, 6) is 0.283. The molecule has 1 aliphatic carbocycles. The summed E-state index contributed by atoms with van der Waals surface area (Å²) in [7, 11) is 0. The standard InChI is InChI=1S/C22H22N2O5/c25-20(23-14-22(9-4-10-22)18-5-2-1-3-6-18)8-7-16-11-19(24(26)27)12-17-13-28-15-29-21(16)17/h1-3,5-8,11-12H,4,9-10,13-15H2,(H,23,25)/b8-7+. The highest BCUT2D eigenvalue weighted by Crippen LogP contribution is 2.43. The maximum Gasteiger partial charge on any atom is 0.270 e. The van der Waals surface area contributed by atoms with Crippen molar-refractivity contribution in [2.24, 2.45) is 0 Å². The highest BCUT2D eigenvalue weighted by atomic mass is 16.7. The van der Waals surface area contributed by atoms with Gasteiger partial charge in [-0.3, -0.25) is 14.9 Å². The van der Waals surface area contributed by atoms with E-state index in [1.807, 2.05) is 18.2 Å². The number of amides is 1. The first-order valence-electron chi connectivity index (χ1n) is 9.61. The Balaban J connectivity index is 1.47. The summed E-state index contributed by atoms with van der Waals surface area (Å²) < 4.78 is 10.7. The van der Waals surface area contributed by atoms with E-state index in [0.717, 1.165) is 19.3 Å². The van der Waals surface area contributed by atoms with E-state index < -0.39 is 4.92 Å². The van der Waals surface area contributed by atoms with Crippen LogP contribution in [0.4, 0.5) is 5.69 Å². The van der Waals surface area contributed by atoms with E-state index >= 15 is 0 Å². The Morgan fingerprint density at radius 3 is 2.72 bits per heavy atom. The van der Waals surface area contributed by atoms with Gasteiger partial charge in [-0.15, -0.1) is 0 Å². The highest BCUT2D eigenvalue weighted by molar-refractivity contribution is 5.92. The number of hydrogen-bond donors (Lipinski definition) is 1. The van der Waals surface area contributed by atoms with E-state index in [4.69, 9.17) is 9.47 Å². The average molecular weight is 394 g/mol. The van der Waals surface area contributed by atoms with Crippen LogP contribution in [-0.4, -0.2) is 24.2 Å². The van der Waals surface area contributed by atoms with E-state index in [-0.39, 0.29) is 30.4 Å². The number of nitro benzene ring substituents is 1. The predicted octanol–water partition coefficient (Wildman–Crippen LogP) is 3.71. The number of nitrogens with one attached hydrogen (secondary N) is 1. The Labute approximate surface area is 168 Å². The topological polar surface area (TPSA) is 90.7 Å². The van der Waals surface area contributed by atoms with E-state index in [1.165, 1.54) is 23.8 Å². The SMILES string of the molecule is O=C(/C=C/c1cc([N+](=O)[O-])cc2c1OCOC2)NCC1(c2ccccc2)CCC1. The Morgan fingerprint density at radius 1 is 1.24 bits per heavy atom. The van der Waals surface area contributed by atoms with Crippen molar-refractivity contribution in [1.82, 2.24) is 5.32 Å². The number of carbonyl (C=O) groups excluding carboxylic acids is 1. The molecule has 0 bridgehead atoms. The smallest absolute Gasteiger partial charge is 0.270 e. The van der Waals surface area contributed by atoms with Crippen molar-refractivity contribution in [3.8, 4) is 5.75 Å². The number of benzene rings is 2. The predicted molar refractivity (Wildman–Crippen MR) is 107 cm³/mol. The van der Waals surface area contributed by atoms with Crippen LogP contribution >= 0.6 is 0 Å². The fourth-order valence-electron chi connectivity index (χ4n) is 3.90. The minimum Gasteiger partial charge on any atom is -0.467 e. The second kappa shape index (κ2) is 8.05. The van der Waals surface area contributed by atoms with Crippen LogP contribution in [0.2, 0.25) is 0 Å². The molecule has 0 atom stereocenters. The van der Waals surface area contributed by atoms with E-state index in [1.54, 1.807) is 6.08 Å². The highest BCUT2D eigenvalue weighted by Gasteiger charge is 2.38. The number of carbonyl (C=O) groups is 1. The minimum atomic E-state index is -0.466. The number of ether oxygens (including phenoxy) is 2. The van der Waals surface area contributed by atoms with Crippen LogP contribution in [0.25, 0.3) is 6.08 Å².